The summed E-state index contributed by atoms with van der Waals surface area (Å²) < 4.78 is 17.1. The van der Waals surface area contributed by atoms with Crippen molar-refractivity contribution in [2.45, 2.75) is 19.9 Å². The average Bonchev–Trinajstić information content (AvgIpc) is 3.09. The van der Waals surface area contributed by atoms with E-state index in [0.29, 0.717) is 11.5 Å². The number of aromatic nitrogens is 2. The summed E-state index contributed by atoms with van der Waals surface area (Å²) in [5.74, 6) is 0.712. The Morgan fingerprint density at radius 3 is 2.79 bits per heavy atom. The van der Waals surface area contributed by atoms with E-state index in [2.05, 4.69) is 20.3 Å². The van der Waals surface area contributed by atoms with Gasteiger partial charge in [0.1, 0.15) is 11.9 Å². The molecule has 1 heterocycles. The summed E-state index contributed by atoms with van der Waals surface area (Å²) in [6, 6.07) is 8.18. The van der Waals surface area contributed by atoms with Crippen molar-refractivity contribution in [1.82, 2.24) is 15.3 Å². The van der Waals surface area contributed by atoms with Gasteiger partial charge in [0.05, 0.1) is 18.4 Å². The molecule has 2 rings (SSSR count). The highest BCUT2D eigenvalue weighted by Crippen LogP contribution is 2.43. The first-order chi connectivity index (χ1) is 11.5. The fourth-order valence-corrected chi connectivity index (χ4v) is 2.95. The SMILES string of the molecule is CCOP(=O)(O)/C(=N/c1ccc(-c2ncc[nH]2)cc1)NC(C)C#N. The number of nitrogens with zero attached hydrogens (tertiary/aromatic N) is 3. The van der Waals surface area contributed by atoms with Crippen LogP contribution in [0.5, 0.6) is 0 Å². The molecule has 3 N–H and O–H groups in total. The summed E-state index contributed by atoms with van der Waals surface area (Å²) in [6.07, 6.45) is 3.37. The second-order valence-electron chi connectivity index (χ2n) is 4.85. The van der Waals surface area contributed by atoms with Crippen LogP contribution in [0.2, 0.25) is 0 Å². The Morgan fingerprint density at radius 2 is 2.25 bits per heavy atom. The number of rotatable bonds is 6. The van der Waals surface area contributed by atoms with Gasteiger partial charge in [0.15, 0.2) is 0 Å². The predicted octanol–water partition coefficient (Wildman–Crippen LogP) is 2.79. The molecule has 2 aromatic rings. The third-order valence-electron chi connectivity index (χ3n) is 2.98. The fraction of sp³-hybridized carbons (Fsp3) is 0.267. The van der Waals surface area contributed by atoms with E-state index in [0.717, 1.165) is 5.56 Å². The van der Waals surface area contributed by atoms with Gasteiger partial charge in [-0.25, -0.2) is 9.98 Å². The normalized spacial score (nSPS) is 15.3. The molecule has 0 saturated heterocycles. The second-order valence-corrected chi connectivity index (χ2v) is 6.58. The number of nitrogens with one attached hydrogen (secondary N) is 2. The largest absolute Gasteiger partial charge is 0.393 e. The fourth-order valence-electron chi connectivity index (χ4n) is 1.88. The third-order valence-corrected chi connectivity index (χ3v) is 4.36. The summed E-state index contributed by atoms with van der Waals surface area (Å²) in [4.78, 5) is 21.3. The van der Waals surface area contributed by atoms with Crippen molar-refractivity contribution in [2.24, 2.45) is 4.99 Å². The van der Waals surface area contributed by atoms with Gasteiger partial charge >= 0.3 is 7.60 Å². The first kappa shape index (κ1) is 17.9. The molecule has 0 spiro atoms. The van der Waals surface area contributed by atoms with Crippen molar-refractivity contribution in [3.8, 4) is 17.5 Å². The highest BCUT2D eigenvalue weighted by atomic mass is 31.2. The number of hydrogen-bond acceptors (Lipinski definition) is 5. The Labute approximate surface area is 139 Å². The van der Waals surface area contributed by atoms with Crippen LogP contribution in [0.15, 0.2) is 41.7 Å². The highest BCUT2D eigenvalue weighted by Gasteiger charge is 2.29. The minimum absolute atomic E-state index is 0.0485. The Morgan fingerprint density at radius 1 is 1.54 bits per heavy atom. The number of nitriles is 1. The molecule has 1 aromatic carbocycles. The summed E-state index contributed by atoms with van der Waals surface area (Å²) in [5.41, 5.74) is 1.05. The van der Waals surface area contributed by atoms with Crippen LogP contribution in [0.3, 0.4) is 0 Å². The Hall–Kier alpha value is -2.46. The van der Waals surface area contributed by atoms with Crippen molar-refractivity contribution >= 4 is 18.9 Å². The van der Waals surface area contributed by atoms with Crippen LogP contribution in [0.4, 0.5) is 5.69 Å². The van der Waals surface area contributed by atoms with Crippen LogP contribution in [-0.2, 0) is 9.09 Å². The Kier molecular flexibility index (Phi) is 5.88. The van der Waals surface area contributed by atoms with Crippen LogP contribution >= 0.6 is 7.60 Å². The molecule has 8 nitrogen and oxygen atoms in total. The van der Waals surface area contributed by atoms with Crippen LogP contribution < -0.4 is 5.32 Å². The van der Waals surface area contributed by atoms with Crippen LogP contribution in [0.25, 0.3) is 11.4 Å². The number of aliphatic imine (C=N–C) groups is 1. The van der Waals surface area contributed by atoms with Crippen LogP contribution in [-0.4, -0.2) is 33.1 Å². The van der Waals surface area contributed by atoms with Crippen molar-refractivity contribution < 1.29 is 14.0 Å². The van der Waals surface area contributed by atoms with Gasteiger partial charge in [0, 0.05) is 18.0 Å². The molecule has 2 unspecified atom stereocenters. The Balaban J connectivity index is 2.31. The summed E-state index contributed by atoms with van der Waals surface area (Å²) in [6.45, 7) is 3.21. The standard InChI is InChI=1S/C15H18N5O3P/c1-3-23-24(21,22)15(19-11(2)10-16)20-13-6-4-12(5-7-13)14-17-8-9-18-14/h4-9,11H,3H2,1-2H3,(H,17,18)(H,19,20)(H,21,22). The van der Waals surface area contributed by atoms with E-state index < -0.39 is 13.6 Å². The van der Waals surface area contributed by atoms with Gasteiger partial charge in [-0.3, -0.25) is 4.57 Å². The number of hydrogen-bond donors (Lipinski definition) is 3. The summed E-state index contributed by atoms with van der Waals surface area (Å²) in [5, 5.41) is 11.5. The topological polar surface area (TPSA) is 123 Å². The molecule has 0 bridgehead atoms. The quantitative estimate of drug-likeness (QED) is 0.419. The van der Waals surface area contributed by atoms with Gasteiger partial charge in [-0.05, 0) is 38.1 Å². The minimum atomic E-state index is -4.13. The molecule has 24 heavy (non-hydrogen) atoms. The molecule has 0 aliphatic rings. The van der Waals surface area contributed by atoms with Gasteiger partial charge in [-0.15, -0.1) is 0 Å². The van der Waals surface area contributed by atoms with E-state index >= 15 is 0 Å². The van der Waals surface area contributed by atoms with Gasteiger partial charge in [0.25, 0.3) is 0 Å². The number of aromatic amines is 1. The maximum absolute atomic E-state index is 12.2. The van der Waals surface area contributed by atoms with E-state index in [9.17, 15) is 9.46 Å². The van der Waals surface area contributed by atoms with Crippen molar-refractivity contribution in [3.63, 3.8) is 0 Å². The van der Waals surface area contributed by atoms with Gasteiger partial charge < -0.3 is 19.7 Å². The smallest absolute Gasteiger partial charge is 0.348 e. The molecule has 1 aromatic heterocycles. The molecule has 0 fully saturated rings. The Bertz CT molecular complexity index is 780. The zero-order chi connectivity index (χ0) is 17.6. The van der Waals surface area contributed by atoms with Crippen molar-refractivity contribution in [1.29, 1.82) is 5.26 Å². The first-order valence-corrected chi connectivity index (χ1v) is 8.86. The molecule has 9 heteroatoms. The zero-order valence-electron chi connectivity index (χ0n) is 13.3. The van der Waals surface area contributed by atoms with Crippen molar-refractivity contribution in [2.75, 3.05) is 6.61 Å². The predicted molar refractivity (Wildman–Crippen MR) is 90.8 cm³/mol. The van der Waals surface area contributed by atoms with Gasteiger partial charge in [-0.2, -0.15) is 5.26 Å². The molecule has 0 aliphatic carbocycles. The molecular formula is C15H18N5O3P. The lowest BCUT2D eigenvalue weighted by atomic mass is 10.2. The number of benzene rings is 1. The maximum atomic E-state index is 12.2. The minimum Gasteiger partial charge on any atom is -0.348 e. The van der Waals surface area contributed by atoms with Gasteiger partial charge in [0.2, 0.25) is 5.58 Å². The summed E-state index contributed by atoms with van der Waals surface area (Å²) in [7, 11) is -4.13. The van der Waals surface area contributed by atoms with E-state index in [4.69, 9.17) is 9.79 Å². The van der Waals surface area contributed by atoms with Crippen LogP contribution in [0.1, 0.15) is 13.8 Å². The second kappa shape index (κ2) is 7.88. The molecular weight excluding hydrogens is 329 g/mol. The van der Waals surface area contributed by atoms with E-state index in [1.165, 1.54) is 0 Å². The molecule has 0 saturated carbocycles. The highest BCUT2D eigenvalue weighted by molar-refractivity contribution is 7.71. The lowest BCUT2D eigenvalue weighted by Crippen LogP contribution is -2.31. The van der Waals surface area contributed by atoms with Gasteiger partial charge in [-0.1, -0.05) is 0 Å². The molecule has 0 aliphatic heterocycles. The molecule has 126 valence electrons. The molecule has 0 radical (unpaired) electrons. The van der Waals surface area contributed by atoms with E-state index in [1.807, 2.05) is 6.07 Å². The monoisotopic (exact) mass is 347 g/mol. The zero-order valence-corrected chi connectivity index (χ0v) is 14.2. The third kappa shape index (κ3) is 4.52. The lowest BCUT2D eigenvalue weighted by Gasteiger charge is -2.16. The maximum Gasteiger partial charge on any atom is 0.393 e. The lowest BCUT2D eigenvalue weighted by molar-refractivity contribution is 0.285. The van der Waals surface area contributed by atoms with E-state index in [1.54, 1.807) is 50.5 Å². The van der Waals surface area contributed by atoms with Crippen molar-refractivity contribution in [3.05, 3.63) is 36.7 Å². The van der Waals surface area contributed by atoms with Crippen LogP contribution in [0, 0.1) is 11.3 Å². The molecule has 2 atom stereocenters. The summed E-state index contributed by atoms with van der Waals surface area (Å²) >= 11 is 0. The number of imidazole rings is 1. The first-order valence-electron chi connectivity index (χ1n) is 7.29. The number of H-pyrrole nitrogens is 1. The number of amidine groups is 1. The average molecular weight is 347 g/mol. The molecule has 0 amide bonds. The van der Waals surface area contributed by atoms with E-state index in [-0.39, 0.29) is 12.2 Å².